The Balaban J connectivity index is 2.47. The molecular weight excluding hydrogens is 448 g/mol. The molecule has 2 atom stereocenters. The molecular formula is C22H32N4O6S. The second kappa shape index (κ2) is 10.0. The van der Waals surface area contributed by atoms with Crippen LogP contribution in [-0.2, 0) is 19.6 Å². The van der Waals surface area contributed by atoms with Gasteiger partial charge in [-0.3, -0.25) is 19.7 Å². The van der Waals surface area contributed by atoms with E-state index in [0.29, 0.717) is 12.8 Å². The van der Waals surface area contributed by atoms with Gasteiger partial charge in [0.2, 0.25) is 21.8 Å². The van der Waals surface area contributed by atoms with Crippen LogP contribution in [0.3, 0.4) is 0 Å². The van der Waals surface area contributed by atoms with Crippen LogP contribution >= 0.6 is 0 Å². The van der Waals surface area contributed by atoms with Gasteiger partial charge >= 0.3 is 0 Å². The van der Waals surface area contributed by atoms with E-state index in [1.165, 1.54) is 25.1 Å². The Hall–Kier alpha value is -2.79. The van der Waals surface area contributed by atoms with Crippen molar-refractivity contribution in [2.45, 2.75) is 62.9 Å². The molecule has 11 heteroatoms. The summed E-state index contributed by atoms with van der Waals surface area (Å²) in [5.41, 5.74) is -2.45. The minimum absolute atomic E-state index is 0.0661. The SMILES string of the molecule is C=CCCC(NC(C)=O)(C(=O)NC(C)(C)C)[C@@H]1CCN(S(=O)(=O)c2ccccc2[N+](=O)[O-])C1. The topological polar surface area (TPSA) is 139 Å². The first-order chi connectivity index (χ1) is 15.2. The van der Waals surface area contributed by atoms with Crippen LogP contribution in [0.5, 0.6) is 0 Å². The van der Waals surface area contributed by atoms with Crippen LogP contribution < -0.4 is 10.6 Å². The number of nitro benzene ring substituents is 1. The van der Waals surface area contributed by atoms with Gasteiger partial charge in [0, 0.05) is 37.5 Å². The fourth-order valence-electron chi connectivity index (χ4n) is 4.13. The smallest absolute Gasteiger partial charge is 0.289 e. The highest BCUT2D eigenvalue weighted by molar-refractivity contribution is 7.89. The average molecular weight is 481 g/mol. The van der Waals surface area contributed by atoms with Crippen LogP contribution in [0, 0.1) is 16.0 Å². The predicted octanol–water partition coefficient (Wildman–Crippen LogP) is 2.36. The van der Waals surface area contributed by atoms with Crippen molar-refractivity contribution in [3.8, 4) is 0 Å². The van der Waals surface area contributed by atoms with Crippen LogP contribution in [0.15, 0.2) is 41.8 Å². The predicted molar refractivity (Wildman–Crippen MR) is 124 cm³/mol. The first kappa shape index (κ1) is 26.5. The summed E-state index contributed by atoms with van der Waals surface area (Å²) in [6.07, 6.45) is 2.60. The number of nitrogens with one attached hydrogen (secondary N) is 2. The van der Waals surface area contributed by atoms with Crippen molar-refractivity contribution in [3.05, 3.63) is 47.0 Å². The number of allylic oxidation sites excluding steroid dienone is 1. The van der Waals surface area contributed by atoms with E-state index in [-0.39, 0.29) is 19.5 Å². The van der Waals surface area contributed by atoms with Crippen molar-refractivity contribution in [1.82, 2.24) is 14.9 Å². The molecule has 1 aliphatic heterocycles. The van der Waals surface area contributed by atoms with Crippen molar-refractivity contribution >= 4 is 27.5 Å². The summed E-state index contributed by atoms with van der Waals surface area (Å²) in [5, 5.41) is 17.1. The van der Waals surface area contributed by atoms with Crippen LogP contribution in [0.2, 0.25) is 0 Å². The Labute approximate surface area is 194 Å². The van der Waals surface area contributed by atoms with E-state index in [1.807, 2.05) is 20.8 Å². The molecule has 1 aromatic carbocycles. The summed E-state index contributed by atoms with van der Waals surface area (Å²) in [5.74, 6) is -1.36. The lowest BCUT2D eigenvalue weighted by Gasteiger charge is -2.40. The highest BCUT2D eigenvalue weighted by Gasteiger charge is 2.51. The van der Waals surface area contributed by atoms with E-state index in [2.05, 4.69) is 17.2 Å². The molecule has 0 spiro atoms. The third-order valence-electron chi connectivity index (χ3n) is 5.56. The zero-order valence-electron chi connectivity index (χ0n) is 19.5. The lowest BCUT2D eigenvalue weighted by Crippen LogP contribution is -2.65. The van der Waals surface area contributed by atoms with Crippen LogP contribution in [0.4, 0.5) is 5.69 Å². The highest BCUT2D eigenvalue weighted by atomic mass is 32.2. The molecule has 2 rings (SSSR count). The van der Waals surface area contributed by atoms with Crippen molar-refractivity contribution in [2.75, 3.05) is 13.1 Å². The monoisotopic (exact) mass is 480 g/mol. The second-order valence-electron chi connectivity index (χ2n) is 9.26. The van der Waals surface area contributed by atoms with Gasteiger partial charge in [0.25, 0.3) is 5.69 Å². The maximum Gasteiger partial charge on any atom is 0.289 e. The number of hydrogen-bond donors (Lipinski definition) is 2. The number of benzene rings is 1. The largest absolute Gasteiger partial charge is 0.349 e. The molecule has 0 aromatic heterocycles. The van der Waals surface area contributed by atoms with Gasteiger partial charge in [-0.05, 0) is 46.1 Å². The van der Waals surface area contributed by atoms with Gasteiger partial charge in [0.15, 0.2) is 4.90 Å². The third-order valence-corrected chi connectivity index (χ3v) is 7.48. The summed E-state index contributed by atoms with van der Waals surface area (Å²) in [6.45, 7) is 10.5. The van der Waals surface area contributed by atoms with E-state index in [1.54, 1.807) is 6.08 Å². The Morgan fingerprint density at radius 1 is 1.27 bits per heavy atom. The Bertz CT molecular complexity index is 1030. The van der Waals surface area contributed by atoms with E-state index in [0.717, 1.165) is 10.4 Å². The molecule has 10 nitrogen and oxygen atoms in total. The number of nitrogens with zero attached hydrogens (tertiary/aromatic N) is 2. The van der Waals surface area contributed by atoms with Gasteiger partial charge in [-0.15, -0.1) is 6.58 Å². The lowest BCUT2D eigenvalue weighted by molar-refractivity contribution is -0.387. The number of nitro groups is 1. The van der Waals surface area contributed by atoms with E-state index >= 15 is 0 Å². The van der Waals surface area contributed by atoms with Crippen molar-refractivity contribution < 1.29 is 22.9 Å². The summed E-state index contributed by atoms with van der Waals surface area (Å²) in [7, 11) is -4.19. The maximum absolute atomic E-state index is 13.5. The molecule has 0 radical (unpaired) electrons. The summed E-state index contributed by atoms with van der Waals surface area (Å²) < 4.78 is 27.7. The number of rotatable bonds is 9. The second-order valence-corrected chi connectivity index (χ2v) is 11.2. The Morgan fingerprint density at radius 3 is 2.45 bits per heavy atom. The highest BCUT2D eigenvalue weighted by Crippen LogP contribution is 2.36. The molecule has 182 valence electrons. The molecule has 2 amide bonds. The maximum atomic E-state index is 13.5. The number of carbonyl (C=O) groups is 2. The zero-order valence-corrected chi connectivity index (χ0v) is 20.3. The fraction of sp³-hybridized carbons (Fsp3) is 0.545. The third kappa shape index (κ3) is 5.97. The molecule has 1 heterocycles. The van der Waals surface area contributed by atoms with Crippen LogP contribution in [-0.4, -0.2) is 53.6 Å². The fourth-order valence-corrected chi connectivity index (χ4v) is 5.79. The van der Waals surface area contributed by atoms with E-state index in [9.17, 15) is 28.1 Å². The normalized spacial score (nSPS) is 18.8. The number of carbonyl (C=O) groups excluding carboxylic acids is 2. The minimum atomic E-state index is -4.19. The van der Waals surface area contributed by atoms with Crippen LogP contribution in [0.25, 0.3) is 0 Å². The van der Waals surface area contributed by atoms with Gasteiger partial charge < -0.3 is 10.6 Å². The van der Waals surface area contributed by atoms with Crippen molar-refractivity contribution in [1.29, 1.82) is 0 Å². The number of amides is 2. The van der Waals surface area contributed by atoms with Gasteiger partial charge in [-0.25, -0.2) is 8.42 Å². The van der Waals surface area contributed by atoms with Gasteiger partial charge in [0.05, 0.1) is 4.92 Å². The summed E-state index contributed by atoms with van der Waals surface area (Å²) in [6, 6.07) is 5.17. The molecule has 1 aliphatic rings. The van der Waals surface area contributed by atoms with Crippen molar-refractivity contribution in [3.63, 3.8) is 0 Å². The first-order valence-electron chi connectivity index (χ1n) is 10.7. The van der Waals surface area contributed by atoms with Gasteiger partial charge in [-0.2, -0.15) is 4.31 Å². The molecule has 0 saturated carbocycles. The number of para-hydroxylation sites is 1. The molecule has 0 bridgehead atoms. The molecule has 33 heavy (non-hydrogen) atoms. The number of sulfonamides is 1. The van der Waals surface area contributed by atoms with E-state index < -0.39 is 54.3 Å². The molecule has 1 unspecified atom stereocenters. The zero-order chi connectivity index (χ0) is 25.0. The quantitative estimate of drug-likeness (QED) is 0.316. The molecule has 2 N–H and O–H groups in total. The van der Waals surface area contributed by atoms with E-state index in [4.69, 9.17) is 0 Å². The van der Waals surface area contributed by atoms with Crippen LogP contribution in [0.1, 0.15) is 47.0 Å². The molecule has 0 aliphatic carbocycles. The summed E-state index contributed by atoms with van der Waals surface area (Å²) >= 11 is 0. The molecule has 1 fully saturated rings. The Kier molecular flexibility index (Phi) is 8.02. The Morgan fingerprint density at radius 2 is 1.91 bits per heavy atom. The first-order valence-corrected chi connectivity index (χ1v) is 12.1. The average Bonchev–Trinajstić information content (AvgIpc) is 3.21. The van der Waals surface area contributed by atoms with Gasteiger partial charge in [-0.1, -0.05) is 18.2 Å². The van der Waals surface area contributed by atoms with Gasteiger partial charge in [0.1, 0.15) is 5.54 Å². The lowest BCUT2D eigenvalue weighted by atomic mass is 9.77. The summed E-state index contributed by atoms with van der Waals surface area (Å²) in [4.78, 5) is 35.9. The van der Waals surface area contributed by atoms with Crippen molar-refractivity contribution in [2.24, 2.45) is 5.92 Å². The minimum Gasteiger partial charge on any atom is -0.349 e. The standard InChI is InChI=1S/C22H32N4O6S/c1-6-7-13-22(23-16(2)27,20(28)24-21(3,4)5)17-12-14-25(15-17)33(31,32)19-11-9-8-10-18(19)26(29)30/h6,8-11,17H,1,7,12-15H2,2-5H3,(H,23,27)(H,24,28)/t17-,22?/m1/s1. The molecule has 1 saturated heterocycles. The molecule has 1 aromatic rings. The number of hydrogen-bond acceptors (Lipinski definition) is 6.